The van der Waals surface area contributed by atoms with Gasteiger partial charge in [0.25, 0.3) is 5.91 Å². The minimum atomic E-state index is -0.209. The molecule has 0 spiro atoms. The molecule has 1 fully saturated rings. The van der Waals surface area contributed by atoms with Gasteiger partial charge in [0.15, 0.2) is 5.76 Å². The summed E-state index contributed by atoms with van der Waals surface area (Å²) < 4.78 is 7.51. The number of hydrogen-bond acceptors (Lipinski definition) is 3. The van der Waals surface area contributed by atoms with Crippen LogP contribution in [0.3, 0.4) is 0 Å². The van der Waals surface area contributed by atoms with E-state index in [0.29, 0.717) is 11.7 Å². The molecule has 26 heavy (non-hydrogen) atoms. The first kappa shape index (κ1) is 16.9. The molecule has 1 atom stereocenters. The van der Waals surface area contributed by atoms with Crippen LogP contribution in [0.1, 0.15) is 61.4 Å². The summed E-state index contributed by atoms with van der Waals surface area (Å²) in [6, 6.07) is 11.4. The van der Waals surface area contributed by atoms with Crippen molar-refractivity contribution in [2.45, 2.75) is 51.6 Å². The topological polar surface area (TPSA) is 60.1 Å². The lowest BCUT2D eigenvalue weighted by Crippen LogP contribution is -2.29. The zero-order valence-electron chi connectivity index (χ0n) is 15.1. The lowest BCUT2D eigenvalue weighted by atomic mass is 9.89. The third kappa shape index (κ3) is 3.39. The fourth-order valence-corrected chi connectivity index (χ4v) is 3.98. The molecule has 0 aliphatic heterocycles. The van der Waals surface area contributed by atoms with Gasteiger partial charge in [-0.25, -0.2) is 4.98 Å². The van der Waals surface area contributed by atoms with E-state index in [1.165, 1.54) is 38.4 Å². The Labute approximate surface area is 153 Å². The zero-order chi connectivity index (χ0) is 17.9. The van der Waals surface area contributed by atoms with Crippen LogP contribution in [0.4, 0.5) is 0 Å². The average molecular weight is 351 g/mol. The van der Waals surface area contributed by atoms with E-state index in [4.69, 9.17) is 9.40 Å². The van der Waals surface area contributed by atoms with Crippen molar-refractivity contribution in [3.05, 3.63) is 54.2 Å². The summed E-state index contributed by atoms with van der Waals surface area (Å²) in [7, 11) is 0. The number of para-hydroxylation sites is 2. The van der Waals surface area contributed by atoms with Crippen LogP contribution >= 0.6 is 0 Å². The van der Waals surface area contributed by atoms with E-state index < -0.39 is 0 Å². The molecule has 1 amide bonds. The van der Waals surface area contributed by atoms with Crippen LogP contribution in [0, 0.1) is 5.92 Å². The largest absolute Gasteiger partial charge is 0.459 e. The summed E-state index contributed by atoms with van der Waals surface area (Å²) in [6.45, 7) is 2.95. The van der Waals surface area contributed by atoms with Gasteiger partial charge in [-0.05, 0) is 49.9 Å². The second-order valence-corrected chi connectivity index (χ2v) is 7.25. The molecule has 1 aliphatic rings. The number of imidazole rings is 1. The smallest absolute Gasteiger partial charge is 0.287 e. The Morgan fingerprint density at radius 1 is 1.23 bits per heavy atom. The van der Waals surface area contributed by atoms with Gasteiger partial charge in [0.05, 0.1) is 23.3 Å². The maximum Gasteiger partial charge on any atom is 0.287 e. The van der Waals surface area contributed by atoms with Crippen LogP contribution < -0.4 is 5.32 Å². The van der Waals surface area contributed by atoms with E-state index in [2.05, 4.69) is 22.0 Å². The Balaban J connectivity index is 1.62. The summed E-state index contributed by atoms with van der Waals surface area (Å²) in [4.78, 5) is 17.2. The number of benzene rings is 1. The molecule has 1 aliphatic carbocycles. The fourth-order valence-electron chi connectivity index (χ4n) is 3.98. The predicted octanol–water partition coefficient (Wildman–Crippen LogP) is 4.70. The van der Waals surface area contributed by atoms with Gasteiger partial charge in [-0.3, -0.25) is 4.79 Å². The normalized spacial score (nSPS) is 16.7. The summed E-state index contributed by atoms with van der Waals surface area (Å²) in [5.74, 6) is 1.72. The second-order valence-electron chi connectivity index (χ2n) is 7.25. The molecular weight excluding hydrogens is 326 g/mol. The van der Waals surface area contributed by atoms with E-state index in [9.17, 15) is 4.79 Å². The highest BCUT2D eigenvalue weighted by Gasteiger charge is 2.22. The van der Waals surface area contributed by atoms with Gasteiger partial charge in [0, 0.05) is 6.54 Å². The molecule has 0 saturated heterocycles. The number of nitrogens with zero attached hydrogens (tertiary/aromatic N) is 2. The Kier molecular flexibility index (Phi) is 4.78. The third-order valence-electron chi connectivity index (χ3n) is 5.33. The zero-order valence-corrected chi connectivity index (χ0v) is 15.1. The monoisotopic (exact) mass is 351 g/mol. The molecule has 1 saturated carbocycles. The standard InChI is InChI=1S/C21H25N3O2/c1-15(22-21(25)19-12-7-13-26-19)20-23-17-10-5-6-11-18(17)24(20)14-16-8-3-2-4-9-16/h5-7,10-13,15-16H,2-4,8-9,14H2,1H3,(H,22,25). The maximum atomic E-state index is 12.4. The SMILES string of the molecule is CC(NC(=O)c1ccco1)c1nc2ccccc2n1CC1CCCCC1. The molecule has 1 unspecified atom stereocenters. The summed E-state index contributed by atoms with van der Waals surface area (Å²) >= 11 is 0. The predicted molar refractivity (Wildman–Crippen MR) is 101 cm³/mol. The number of amides is 1. The molecule has 2 heterocycles. The first-order chi connectivity index (χ1) is 12.7. The first-order valence-corrected chi connectivity index (χ1v) is 9.52. The highest BCUT2D eigenvalue weighted by atomic mass is 16.3. The minimum Gasteiger partial charge on any atom is -0.459 e. The van der Waals surface area contributed by atoms with Crippen molar-refractivity contribution in [3.8, 4) is 0 Å². The third-order valence-corrected chi connectivity index (χ3v) is 5.33. The van der Waals surface area contributed by atoms with Crippen molar-refractivity contribution >= 4 is 16.9 Å². The molecule has 1 N–H and O–H groups in total. The van der Waals surface area contributed by atoms with Crippen molar-refractivity contribution in [3.63, 3.8) is 0 Å². The second kappa shape index (κ2) is 7.36. The highest BCUT2D eigenvalue weighted by molar-refractivity contribution is 5.91. The van der Waals surface area contributed by atoms with Crippen molar-refractivity contribution in [1.82, 2.24) is 14.9 Å². The first-order valence-electron chi connectivity index (χ1n) is 9.52. The minimum absolute atomic E-state index is 0.191. The van der Waals surface area contributed by atoms with Crippen LogP contribution in [-0.4, -0.2) is 15.5 Å². The van der Waals surface area contributed by atoms with Gasteiger partial charge in [0.2, 0.25) is 0 Å². The summed E-state index contributed by atoms with van der Waals surface area (Å²) in [5.41, 5.74) is 2.13. The lowest BCUT2D eigenvalue weighted by Gasteiger charge is -2.24. The number of furan rings is 1. The maximum absolute atomic E-state index is 12.4. The van der Waals surface area contributed by atoms with Crippen molar-refractivity contribution in [2.75, 3.05) is 0 Å². The van der Waals surface area contributed by atoms with Crippen LogP contribution in [0.25, 0.3) is 11.0 Å². The molecule has 3 aromatic rings. The molecule has 136 valence electrons. The Morgan fingerprint density at radius 2 is 2.04 bits per heavy atom. The number of hydrogen-bond donors (Lipinski definition) is 1. The van der Waals surface area contributed by atoms with Crippen LogP contribution in [0.5, 0.6) is 0 Å². The van der Waals surface area contributed by atoms with Gasteiger partial charge >= 0.3 is 0 Å². The summed E-state index contributed by atoms with van der Waals surface area (Å²) in [5, 5.41) is 3.02. The lowest BCUT2D eigenvalue weighted by molar-refractivity contribution is 0.0909. The number of nitrogens with one attached hydrogen (secondary N) is 1. The van der Waals surface area contributed by atoms with Crippen LogP contribution in [0.2, 0.25) is 0 Å². The molecule has 1 aromatic carbocycles. The quantitative estimate of drug-likeness (QED) is 0.725. The van der Waals surface area contributed by atoms with E-state index in [-0.39, 0.29) is 11.9 Å². The van der Waals surface area contributed by atoms with E-state index >= 15 is 0 Å². The molecule has 5 heteroatoms. The summed E-state index contributed by atoms with van der Waals surface area (Å²) in [6.07, 6.45) is 8.05. The number of carbonyl (C=O) groups excluding carboxylic acids is 1. The van der Waals surface area contributed by atoms with Crippen LogP contribution in [-0.2, 0) is 6.54 Å². The number of aromatic nitrogens is 2. The van der Waals surface area contributed by atoms with Gasteiger partial charge in [-0.15, -0.1) is 0 Å². The Morgan fingerprint density at radius 3 is 2.81 bits per heavy atom. The molecule has 2 aromatic heterocycles. The van der Waals surface area contributed by atoms with Gasteiger partial charge < -0.3 is 14.3 Å². The van der Waals surface area contributed by atoms with Crippen molar-refractivity contribution < 1.29 is 9.21 Å². The van der Waals surface area contributed by atoms with Crippen molar-refractivity contribution in [1.29, 1.82) is 0 Å². The van der Waals surface area contributed by atoms with Crippen LogP contribution in [0.15, 0.2) is 47.1 Å². The number of rotatable bonds is 5. The molecule has 4 rings (SSSR count). The molecular formula is C21H25N3O2. The molecule has 5 nitrogen and oxygen atoms in total. The van der Waals surface area contributed by atoms with Gasteiger partial charge in [-0.2, -0.15) is 0 Å². The average Bonchev–Trinajstić information content (AvgIpc) is 3.31. The fraction of sp³-hybridized carbons (Fsp3) is 0.429. The Bertz CT molecular complexity index is 876. The highest BCUT2D eigenvalue weighted by Crippen LogP contribution is 2.29. The van der Waals surface area contributed by atoms with Gasteiger partial charge in [-0.1, -0.05) is 31.4 Å². The number of carbonyl (C=O) groups is 1. The Hall–Kier alpha value is -2.56. The van der Waals surface area contributed by atoms with E-state index in [1.807, 2.05) is 19.1 Å². The van der Waals surface area contributed by atoms with E-state index in [0.717, 1.165) is 23.4 Å². The van der Waals surface area contributed by atoms with Gasteiger partial charge in [0.1, 0.15) is 5.82 Å². The van der Waals surface area contributed by atoms with Crippen molar-refractivity contribution in [2.24, 2.45) is 5.92 Å². The number of fused-ring (bicyclic) bond motifs is 1. The van der Waals surface area contributed by atoms with E-state index in [1.54, 1.807) is 12.1 Å². The molecule has 0 bridgehead atoms. The molecule has 0 radical (unpaired) electrons.